The van der Waals surface area contributed by atoms with Crippen molar-refractivity contribution in [1.29, 1.82) is 0 Å². The Morgan fingerprint density at radius 2 is 1.87 bits per heavy atom. The molecule has 1 rings (SSSR count). The quantitative estimate of drug-likeness (QED) is 0.615. The van der Waals surface area contributed by atoms with Gasteiger partial charge in [0, 0.05) is 6.07 Å². The number of nitrogens with two attached hydrogens (primary N) is 1. The van der Waals surface area contributed by atoms with Gasteiger partial charge in [-0.2, -0.15) is 0 Å². The van der Waals surface area contributed by atoms with Crippen molar-refractivity contribution in [1.82, 2.24) is 0 Å². The Kier molecular flexibility index (Phi) is 4.64. The van der Waals surface area contributed by atoms with Crippen molar-refractivity contribution < 1.29 is 18.3 Å². The van der Waals surface area contributed by atoms with Crippen molar-refractivity contribution >= 4 is 12.4 Å². The molecule has 0 radical (unpaired) electrons. The molecule has 0 aliphatic carbocycles. The van der Waals surface area contributed by atoms with E-state index in [0.29, 0.717) is 6.07 Å². The van der Waals surface area contributed by atoms with Gasteiger partial charge in [0.25, 0.3) is 0 Å². The molecule has 0 fully saturated rings. The zero-order valence-corrected chi connectivity index (χ0v) is 8.32. The molecule has 15 heavy (non-hydrogen) atoms. The fourth-order valence-corrected chi connectivity index (χ4v) is 1.03. The van der Waals surface area contributed by atoms with E-state index in [1.807, 2.05) is 0 Å². The SMILES string of the molecule is C=C[C@@H](N)c1c(O)cc(F)c(F)c1F.Cl. The summed E-state index contributed by atoms with van der Waals surface area (Å²) >= 11 is 0. The van der Waals surface area contributed by atoms with Gasteiger partial charge in [-0.3, -0.25) is 0 Å². The number of phenols is 1. The van der Waals surface area contributed by atoms with Gasteiger partial charge >= 0.3 is 0 Å². The van der Waals surface area contributed by atoms with Crippen LogP contribution < -0.4 is 5.73 Å². The minimum Gasteiger partial charge on any atom is -0.507 e. The first kappa shape index (κ1) is 13.8. The summed E-state index contributed by atoms with van der Waals surface area (Å²) in [5.74, 6) is -5.33. The van der Waals surface area contributed by atoms with Crippen LogP contribution in [0.4, 0.5) is 13.2 Å². The summed E-state index contributed by atoms with van der Waals surface area (Å²) in [6.45, 7) is 3.25. The largest absolute Gasteiger partial charge is 0.507 e. The van der Waals surface area contributed by atoms with Crippen LogP contribution in [0.5, 0.6) is 5.75 Å². The highest BCUT2D eigenvalue weighted by Crippen LogP contribution is 2.29. The van der Waals surface area contributed by atoms with Crippen LogP contribution in [0, 0.1) is 17.5 Å². The molecule has 2 nitrogen and oxygen atoms in total. The van der Waals surface area contributed by atoms with Crippen LogP contribution in [0.3, 0.4) is 0 Å². The second kappa shape index (κ2) is 5.04. The molecule has 0 aliphatic heterocycles. The van der Waals surface area contributed by atoms with E-state index in [9.17, 15) is 13.2 Å². The van der Waals surface area contributed by atoms with E-state index in [-0.39, 0.29) is 12.4 Å². The van der Waals surface area contributed by atoms with E-state index < -0.39 is 34.8 Å². The molecule has 0 aliphatic rings. The lowest BCUT2D eigenvalue weighted by Gasteiger charge is -2.11. The van der Waals surface area contributed by atoms with E-state index in [0.717, 1.165) is 6.08 Å². The number of hydrogen-bond acceptors (Lipinski definition) is 2. The van der Waals surface area contributed by atoms with E-state index in [1.54, 1.807) is 0 Å². The zero-order chi connectivity index (χ0) is 10.9. The predicted octanol–water partition coefficient (Wildman–Crippen LogP) is 2.42. The topological polar surface area (TPSA) is 46.2 Å². The monoisotopic (exact) mass is 239 g/mol. The van der Waals surface area contributed by atoms with Crippen LogP contribution in [0.2, 0.25) is 0 Å². The highest BCUT2D eigenvalue weighted by molar-refractivity contribution is 5.85. The summed E-state index contributed by atoms with van der Waals surface area (Å²) in [4.78, 5) is 0. The summed E-state index contributed by atoms with van der Waals surface area (Å²) in [5.41, 5.74) is 4.81. The molecule has 0 spiro atoms. The van der Waals surface area contributed by atoms with Gasteiger partial charge in [0.15, 0.2) is 17.5 Å². The van der Waals surface area contributed by atoms with E-state index in [4.69, 9.17) is 10.8 Å². The average Bonchev–Trinajstić information content (AvgIpc) is 2.14. The number of halogens is 4. The Hall–Kier alpha value is -1.20. The standard InChI is InChI=1S/C9H8F3NO.ClH/c1-2-5(13)7-6(14)3-4(10)8(11)9(7)12;/h2-3,5,14H,1,13H2;1H/t5-;/m1./s1. The van der Waals surface area contributed by atoms with Gasteiger partial charge in [-0.1, -0.05) is 6.08 Å². The normalized spacial score (nSPS) is 11.7. The molecule has 0 saturated carbocycles. The number of phenolic OH excluding ortho intramolecular Hbond substituents is 1. The van der Waals surface area contributed by atoms with Gasteiger partial charge in [0.2, 0.25) is 0 Å². The molecule has 1 aromatic rings. The number of aromatic hydroxyl groups is 1. The van der Waals surface area contributed by atoms with Crippen LogP contribution in [0.1, 0.15) is 11.6 Å². The Balaban J connectivity index is 0.00000196. The van der Waals surface area contributed by atoms with Gasteiger partial charge in [-0.15, -0.1) is 19.0 Å². The van der Waals surface area contributed by atoms with Crippen molar-refractivity contribution in [2.75, 3.05) is 0 Å². The first-order valence-corrected chi connectivity index (χ1v) is 3.73. The molecule has 0 amide bonds. The maximum Gasteiger partial charge on any atom is 0.195 e. The second-order valence-electron chi connectivity index (χ2n) is 2.68. The molecule has 84 valence electrons. The summed E-state index contributed by atoms with van der Waals surface area (Å²) in [6, 6.07) is -0.609. The lowest BCUT2D eigenvalue weighted by Crippen LogP contribution is -2.11. The predicted molar refractivity (Wildman–Crippen MR) is 52.4 cm³/mol. The van der Waals surface area contributed by atoms with Crippen LogP contribution in [0.15, 0.2) is 18.7 Å². The van der Waals surface area contributed by atoms with Gasteiger partial charge in [-0.25, -0.2) is 13.2 Å². The minimum atomic E-state index is -1.66. The molecule has 1 aromatic carbocycles. The summed E-state index contributed by atoms with van der Waals surface area (Å²) in [7, 11) is 0. The third-order valence-electron chi connectivity index (χ3n) is 1.77. The van der Waals surface area contributed by atoms with Crippen molar-refractivity contribution in [2.24, 2.45) is 5.73 Å². The van der Waals surface area contributed by atoms with E-state index in [1.165, 1.54) is 0 Å². The number of rotatable bonds is 2. The molecule has 0 saturated heterocycles. The van der Waals surface area contributed by atoms with E-state index >= 15 is 0 Å². The van der Waals surface area contributed by atoms with Crippen molar-refractivity contribution in [3.05, 3.63) is 41.7 Å². The highest BCUT2D eigenvalue weighted by Gasteiger charge is 2.21. The molecule has 0 aromatic heterocycles. The molecule has 1 atom stereocenters. The first-order chi connectivity index (χ1) is 6.49. The second-order valence-corrected chi connectivity index (χ2v) is 2.68. The number of benzene rings is 1. The Labute approximate surface area is 90.6 Å². The fourth-order valence-electron chi connectivity index (χ4n) is 1.03. The number of hydrogen-bond donors (Lipinski definition) is 2. The Morgan fingerprint density at radius 1 is 1.33 bits per heavy atom. The molecule has 0 bridgehead atoms. The highest BCUT2D eigenvalue weighted by atomic mass is 35.5. The molecule has 0 unspecified atom stereocenters. The molecular formula is C9H9ClF3NO. The van der Waals surface area contributed by atoms with Gasteiger partial charge in [0.1, 0.15) is 5.75 Å². The van der Waals surface area contributed by atoms with Gasteiger partial charge in [0.05, 0.1) is 11.6 Å². The smallest absolute Gasteiger partial charge is 0.195 e. The van der Waals surface area contributed by atoms with Crippen molar-refractivity contribution in [3.63, 3.8) is 0 Å². The average molecular weight is 240 g/mol. The Bertz CT molecular complexity index is 384. The molecule has 6 heteroatoms. The third kappa shape index (κ3) is 2.43. The zero-order valence-electron chi connectivity index (χ0n) is 7.51. The van der Waals surface area contributed by atoms with Crippen molar-refractivity contribution in [2.45, 2.75) is 6.04 Å². The summed E-state index contributed by atoms with van der Waals surface area (Å²) < 4.78 is 38.3. The lowest BCUT2D eigenvalue weighted by molar-refractivity contribution is 0.406. The van der Waals surface area contributed by atoms with Crippen LogP contribution in [0.25, 0.3) is 0 Å². The minimum absolute atomic E-state index is 0. The maximum absolute atomic E-state index is 13.1. The third-order valence-corrected chi connectivity index (χ3v) is 1.77. The summed E-state index contributed by atoms with van der Waals surface area (Å²) in [5, 5.41) is 9.12. The van der Waals surface area contributed by atoms with E-state index in [2.05, 4.69) is 6.58 Å². The van der Waals surface area contributed by atoms with Crippen molar-refractivity contribution in [3.8, 4) is 5.75 Å². The molecule has 0 heterocycles. The molecular weight excluding hydrogens is 231 g/mol. The Morgan fingerprint density at radius 3 is 2.33 bits per heavy atom. The van der Waals surface area contributed by atoms with Crippen LogP contribution in [-0.4, -0.2) is 5.11 Å². The van der Waals surface area contributed by atoms with Crippen LogP contribution >= 0.6 is 12.4 Å². The summed E-state index contributed by atoms with van der Waals surface area (Å²) in [6.07, 6.45) is 1.11. The molecule has 3 N–H and O–H groups in total. The van der Waals surface area contributed by atoms with Crippen LogP contribution in [-0.2, 0) is 0 Å². The first-order valence-electron chi connectivity index (χ1n) is 3.73. The van der Waals surface area contributed by atoms with Gasteiger partial charge < -0.3 is 10.8 Å². The lowest BCUT2D eigenvalue weighted by atomic mass is 10.1. The fraction of sp³-hybridized carbons (Fsp3) is 0.111. The van der Waals surface area contributed by atoms with Gasteiger partial charge in [-0.05, 0) is 0 Å². The maximum atomic E-state index is 13.1.